The number of carbonyl (C=O) groups is 1. The molecule has 0 saturated carbocycles. The van der Waals surface area contributed by atoms with Gasteiger partial charge >= 0.3 is 0 Å². The highest BCUT2D eigenvalue weighted by Gasteiger charge is 2.11. The maximum absolute atomic E-state index is 12.0. The fraction of sp³-hybridized carbons (Fsp3) is 0.333. The molecule has 0 aliphatic rings. The first-order valence-corrected chi connectivity index (χ1v) is 7.07. The number of nitrogens with two attached hydrogens (primary N) is 1. The minimum absolute atomic E-state index is 0.111. The quantitative estimate of drug-likeness (QED) is 0.888. The van der Waals surface area contributed by atoms with E-state index in [1.165, 1.54) is 0 Å². The van der Waals surface area contributed by atoms with Gasteiger partial charge in [0.05, 0.1) is 11.2 Å². The summed E-state index contributed by atoms with van der Waals surface area (Å²) < 4.78 is 0. The summed E-state index contributed by atoms with van der Waals surface area (Å²) in [7, 11) is 0. The summed E-state index contributed by atoms with van der Waals surface area (Å²) in [6, 6.07) is 7.16. The maximum Gasteiger partial charge on any atom is 0.225 e. The second-order valence-electron chi connectivity index (χ2n) is 4.83. The predicted molar refractivity (Wildman–Crippen MR) is 82.9 cm³/mol. The van der Waals surface area contributed by atoms with Gasteiger partial charge in [0.15, 0.2) is 0 Å². The van der Waals surface area contributed by atoms with Crippen molar-refractivity contribution in [2.24, 2.45) is 5.73 Å². The summed E-state index contributed by atoms with van der Waals surface area (Å²) in [4.78, 5) is 16.3. The number of aromatic nitrogens is 1. The Labute approximate surface area is 123 Å². The first kappa shape index (κ1) is 14.8. The van der Waals surface area contributed by atoms with Crippen LogP contribution in [0, 0.1) is 0 Å². The molecule has 0 radical (unpaired) electrons. The van der Waals surface area contributed by atoms with Crippen LogP contribution in [-0.4, -0.2) is 16.9 Å². The van der Waals surface area contributed by atoms with Crippen LogP contribution in [-0.2, 0) is 4.79 Å². The molecule has 0 bridgehead atoms. The van der Waals surface area contributed by atoms with Crippen LogP contribution < -0.4 is 11.1 Å². The standard InChI is InChI=1S/C15H18ClN3O/c1-2-4-12(17)9-14(20)19-13-8-11(16)7-10-5-3-6-18-15(10)13/h3,5-8,12H,2,4,9,17H2,1H3,(H,19,20). The molecule has 1 atom stereocenters. The SMILES string of the molecule is CCCC(N)CC(=O)Nc1cc(Cl)cc2cccnc12. The third-order valence-electron chi connectivity index (χ3n) is 3.05. The molecule has 0 saturated heterocycles. The Morgan fingerprint density at radius 1 is 1.50 bits per heavy atom. The summed E-state index contributed by atoms with van der Waals surface area (Å²) in [5.41, 5.74) is 7.24. The van der Waals surface area contributed by atoms with Gasteiger partial charge in [-0.15, -0.1) is 0 Å². The summed E-state index contributed by atoms with van der Waals surface area (Å²) in [5, 5.41) is 4.31. The summed E-state index contributed by atoms with van der Waals surface area (Å²) in [6.07, 6.45) is 3.79. The van der Waals surface area contributed by atoms with Crippen LogP contribution in [0.5, 0.6) is 0 Å². The Bertz CT molecular complexity index is 615. The second-order valence-corrected chi connectivity index (χ2v) is 5.27. The Hall–Kier alpha value is -1.65. The number of halogens is 1. The van der Waals surface area contributed by atoms with E-state index in [4.69, 9.17) is 17.3 Å². The highest BCUT2D eigenvalue weighted by atomic mass is 35.5. The van der Waals surface area contributed by atoms with E-state index >= 15 is 0 Å². The van der Waals surface area contributed by atoms with Crippen LogP contribution in [0.15, 0.2) is 30.5 Å². The molecule has 3 N–H and O–H groups in total. The Morgan fingerprint density at radius 3 is 3.05 bits per heavy atom. The molecule has 1 unspecified atom stereocenters. The van der Waals surface area contributed by atoms with E-state index in [-0.39, 0.29) is 11.9 Å². The van der Waals surface area contributed by atoms with Gasteiger partial charge in [-0.1, -0.05) is 31.0 Å². The van der Waals surface area contributed by atoms with Gasteiger partial charge < -0.3 is 11.1 Å². The lowest BCUT2D eigenvalue weighted by Gasteiger charge is -2.12. The Kier molecular flexibility index (Phi) is 4.93. The molecule has 1 aromatic carbocycles. The number of rotatable bonds is 5. The van der Waals surface area contributed by atoms with Crippen molar-refractivity contribution in [2.45, 2.75) is 32.2 Å². The van der Waals surface area contributed by atoms with Crippen molar-refractivity contribution < 1.29 is 4.79 Å². The third kappa shape index (κ3) is 3.68. The molecule has 1 aromatic heterocycles. The van der Waals surface area contributed by atoms with E-state index in [0.29, 0.717) is 17.1 Å². The molecule has 0 aliphatic carbocycles. The van der Waals surface area contributed by atoms with Gasteiger partial charge in [-0.05, 0) is 24.6 Å². The molecule has 0 fully saturated rings. The summed E-state index contributed by atoms with van der Waals surface area (Å²) in [6.45, 7) is 2.05. The fourth-order valence-corrected chi connectivity index (χ4v) is 2.39. The van der Waals surface area contributed by atoms with Gasteiger partial charge in [0.2, 0.25) is 5.91 Å². The minimum Gasteiger partial charge on any atom is -0.327 e. The van der Waals surface area contributed by atoms with E-state index in [0.717, 1.165) is 23.7 Å². The van der Waals surface area contributed by atoms with E-state index in [9.17, 15) is 4.79 Å². The maximum atomic E-state index is 12.0. The monoisotopic (exact) mass is 291 g/mol. The van der Waals surface area contributed by atoms with Gasteiger partial charge in [0.25, 0.3) is 0 Å². The molecule has 106 valence electrons. The lowest BCUT2D eigenvalue weighted by Crippen LogP contribution is -2.26. The molecular formula is C15H18ClN3O. The molecule has 2 aromatic rings. The molecule has 0 aliphatic heterocycles. The first-order chi connectivity index (χ1) is 9.60. The van der Waals surface area contributed by atoms with Gasteiger partial charge in [-0.3, -0.25) is 9.78 Å². The van der Waals surface area contributed by atoms with Crippen molar-refractivity contribution >= 4 is 34.1 Å². The minimum atomic E-state index is -0.113. The lowest BCUT2D eigenvalue weighted by molar-refractivity contribution is -0.116. The van der Waals surface area contributed by atoms with Gasteiger partial charge in [0.1, 0.15) is 0 Å². The average Bonchev–Trinajstić information content (AvgIpc) is 2.38. The number of hydrogen-bond donors (Lipinski definition) is 2. The van der Waals surface area contributed by atoms with E-state index in [1.54, 1.807) is 12.3 Å². The summed E-state index contributed by atoms with van der Waals surface area (Å²) in [5.74, 6) is -0.111. The third-order valence-corrected chi connectivity index (χ3v) is 3.27. The van der Waals surface area contributed by atoms with Gasteiger partial charge in [-0.2, -0.15) is 0 Å². The van der Waals surface area contributed by atoms with Gasteiger partial charge in [0, 0.05) is 29.1 Å². The number of anilines is 1. The van der Waals surface area contributed by atoms with Crippen molar-refractivity contribution in [3.8, 4) is 0 Å². The molecular weight excluding hydrogens is 274 g/mol. The average molecular weight is 292 g/mol. The molecule has 1 heterocycles. The second kappa shape index (κ2) is 6.68. The number of nitrogens with zero attached hydrogens (tertiary/aromatic N) is 1. The van der Waals surface area contributed by atoms with Crippen molar-refractivity contribution in [3.63, 3.8) is 0 Å². The Balaban J connectivity index is 2.19. The van der Waals surface area contributed by atoms with Crippen LogP contribution in [0.1, 0.15) is 26.2 Å². The molecule has 1 amide bonds. The number of fused-ring (bicyclic) bond motifs is 1. The van der Waals surface area contributed by atoms with Crippen molar-refractivity contribution in [1.82, 2.24) is 4.98 Å². The molecule has 4 nitrogen and oxygen atoms in total. The van der Waals surface area contributed by atoms with Crippen molar-refractivity contribution in [1.29, 1.82) is 0 Å². The molecule has 20 heavy (non-hydrogen) atoms. The van der Waals surface area contributed by atoms with E-state index in [2.05, 4.69) is 10.3 Å². The van der Waals surface area contributed by atoms with Crippen LogP contribution in [0.2, 0.25) is 5.02 Å². The summed E-state index contributed by atoms with van der Waals surface area (Å²) >= 11 is 6.06. The van der Waals surface area contributed by atoms with Crippen LogP contribution in [0.3, 0.4) is 0 Å². The number of carbonyl (C=O) groups excluding carboxylic acids is 1. The highest BCUT2D eigenvalue weighted by molar-refractivity contribution is 6.32. The Morgan fingerprint density at radius 2 is 2.30 bits per heavy atom. The highest BCUT2D eigenvalue weighted by Crippen LogP contribution is 2.26. The first-order valence-electron chi connectivity index (χ1n) is 6.70. The van der Waals surface area contributed by atoms with Crippen LogP contribution >= 0.6 is 11.6 Å². The zero-order chi connectivity index (χ0) is 14.5. The molecule has 0 spiro atoms. The topological polar surface area (TPSA) is 68.0 Å². The normalized spacial score (nSPS) is 12.3. The number of benzene rings is 1. The molecule has 2 rings (SSSR count). The fourth-order valence-electron chi connectivity index (χ4n) is 2.16. The predicted octanol–water partition coefficient (Wildman–Crippen LogP) is 3.34. The number of hydrogen-bond acceptors (Lipinski definition) is 3. The van der Waals surface area contributed by atoms with Crippen LogP contribution in [0.4, 0.5) is 5.69 Å². The van der Waals surface area contributed by atoms with E-state index in [1.807, 2.05) is 25.1 Å². The smallest absolute Gasteiger partial charge is 0.225 e. The lowest BCUT2D eigenvalue weighted by atomic mass is 10.1. The van der Waals surface area contributed by atoms with E-state index < -0.39 is 0 Å². The molecule has 5 heteroatoms. The van der Waals surface area contributed by atoms with Gasteiger partial charge in [-0.25, -0.2) is 0 Å². The zero-order valence-electron chi connectivity index (χ0n) is 11.4. The van der Waals surface area contributed by atoms with Crippen molar-refractivity contribution in [2.75, 3.05) is 5.32 Å². The van der Waals surface area contributed by atoms with Crippen LogP contribution in [0.25, 0.3) is 10.9 Å². The number of nitrogens with one attached hydrogen (secondary N) is 1. The number of amides is 1. The number of pyridine rings is 1. The van der Waals surface area contributed by atoms with Crippen molar-refractivity contribution in [3.05, 3.63) is 35.5 Å². The largest absolute Gasteiger partial charge is 0.327 e. The zero-order valence-corrected chi connectivity index (χ0v) is 12.2.